The molecule has 0 aromatic carbocycles. The third kappa shape index (κ3) is 4.52. The molecule has 1 amide bonds. The van der Waals surface area contributed by atoms with Crippen LogP contribution in [0, 0.1) is 0 Å². The summed E-state index contributed by atoms with van der Waals surface area (Å²) in [5, 5.41) is 6.03. The van der Waals surface area contributed by atoms with E-state index in [9.17, 15) is 4.79 Å². The average molecular weight is 285 g/mol. The number of anilines is 1. The Labute approximate surface area is 124 Å². The monoisotopic (exact) mass is 285 g/mol. The number of carbonyl (C=O) groups excluding carboxylic acids is 1. The highest BCUT2D eigenvalue weighted by Crippen LogP contribution is 2.07. The van der Waals surface area contributed by atoms with E-state index >= 15 is 0 Å². The molecule has 0 spiro atoms. The van der Waals surface area contributed by atoms with Crippen LogP contribution in [0.3, 0.4) is 0 Å². The molecule has 21 heavy (non-hydrogen) atoms. The summed E-state index contributed by atoms with van der Waals surface area (Å²) in [7, 11) is 0. The molecule has 1 unspecified atom stereocenters. The standard InChI is InChI=1S/C15H19N5O/c1-3-11(2)20-14-7-13(18-10-19-14)15(21)17-9-12-5-4-6-16-8-12/h4-8,10-11H,3,9H2,1-2H3,(H,17,21)(H,18,19,20). The molecule has 0 fully saturated rings. The number of carbonyl (C=O) groups is 1. The Morgan fingerprint density at radius 2 is 2.24 bits per heavy atom. The van der Waals surface area contributed by atoms with Crippen LogP contribution < -0.4 is 10.6 Å². The number of rotatable bonds is 6. The van der Waals surface area contributed by atoms with Gasteiger partial charge in [-0.25, -0.2) is 9.97 Å². The number of pyridine rings is 1. The van der Waals surface area contributed by atoms with Gasteiger partial charge in [0.1, 0.15) is 17.8 Å². The Balaban J connectivity index is 1.97. The average Bonchev–Trinajstić information content (AvgIpc) is 2.53. The normalized spacial score (nSPS) is 11.7. The molecule has 2 aromatic rings. The minimum Gasteiger partial charge on any atom is -0.368 e. The van der Waals surface area contributed by atoms with E-state index in [1.807, 2.05) is 12.1 Å². The summed E-state index contributed by atoms with van der Waals surface area (Å²) in [5.74, 6) is 0.430. The lowest BCUT2D eigenvalue weighted by molar-refractivity contribution is 0.0945. The summed E-state index contributed by atoms with van der Waals surface area (Å²) >= 11 is 0. The van der Waals surface area contributed by atoms with Crippen molar-refractivity contribution in [3.8, 4) is 0 Å². The van der Waals surface area contributed by atoms with Gasteiger partial charge in [-0.1, -0.05) is 13.0 Å². The summed E-state index contributed by atoms with van der Waals surface area (Å²) < 4.78 is 0. The summed E-state index contributed by atoms with van der Waals surface area (Å²) in [4.78, 5) is 24.2. The Morgan fingerprint density at radius 3 is 2.95 bits per heavy atom. The molecule has 6 nitrogen and oxygen atoms in total. The number of nitrogens with one attached hydrogen (secondary N) is 2. The van der Waals surface area contributed by atoms with Crippen molar-refractivity contribution in [1.82, 2.24) is 20.3 Å². The van der Waals surface area contributed by atoms with Crippen molar-refractivity contribution in [3.63, 3.8) is 0 Å². The van der Waals surface area contributed by atoms with Gasteiger partial charge in [0.2, 0.25) is 0 Å². The Kier molecular flexibility index (Phi) is 5.20. The number of hydrogen-bond acceptors (Lipinski definition) is 5. The number of aromatic nitrogens is 3. The molecule has 6 heteroatoms. The fraction of sp³-hybridized carbons (Fsp3) is 0.333. The molecule has 0 aliphatic carbocycles. The second-order valence-corrected chi connectivity index (χ2v) is 4.79. The van der Waals surface area contributed by atoms with Crippen molar-refractivity contribution >= 4 is 11.7 Å². The first-order chi connectivity index (χ1) is 10.2. The Hall–Kier alpha value is -2.50. The van der Waals surface area contributed by atoms with Crippen molar-refractivity contribution < 1.29 is 4.79 Å². The van der Waals surface area contributed by atoms with E-state index in [-0.39, 0.29) is 5.91 Å². The molecule has 1 atom stereocenters. The second kappa shape index (κ2) is 7.33. The van der Waals surface area contributed by atoms with E-state index in [2.05, 4.69) is 39.4 Å². The molecule has 0 bridgehead atoms. The molecule has 0 aliphatic rings. The SMILES string of the molecule is CCC(C)Nc1cc(C(=O)NCc2cccnc2)ncn1. The minimum atomic E-state index is -0.228. The van der Waals surface area contributed by atoms with E-state index in [0.717, 1.165) is 12.0 Å². The molecule has 0 aliphatic heterocycles. The smallest absolute Gasteiger partial charge is 0.270 e. The van der Waals surface area contributed by atoms with Gasteiger partial charge in [0.15, 0.2) is 0 Å². The van der Waals surface area contributed by atoms with Gasteiger partial charge in [-0.2, -0.15) is 0 Å². The summed E-state index contributed by atoms with van der Waals surface area (Å²) in [6.45, 7) is 4.56. The number of nitrogens with zero attached hydrogens (tertiary/aromatic N) is 3. The maximum atomic E-state index is 12.1. The highest BCUT2D eigenvalue weighted by atomic mass is 16.1. The molecule has 0 radical (unpaired) electrons. The van der Waals surface area contributed by atoms with Gasteiger partial charge >= 0.3 is 0 Å². The van der Waals surface area contributed by atoms with Crippen molar-refractivity contribution in [2.75, 3.05) is 5.32 Å². The van der Waals surface area contributed by atoms with Crippen LogP contribution >= 0.6 is 0 Å². The van der Waals surface area contributed by atoms with E-state index < -0.39 is 0 Å². The lowest BCUT2D eigenvalue weighted by Gasteiger charge is -2.12. The molecule has 0 saturated heterocycles. The zero-order valence-electron chi connectivity index (χ0n) is 12.2. The lowest BCUT2D eigenvalue weighted by Crippen LogP contribution is -2.24. The minimum absolute atomic E-state index is 0.228. The van der Waals surface area contributed by atoms with Crippen LogP contribution in [0.5, 0.6) is 0 Å². The van der Waals surface area contributed by atoms with Gasteiger partial charge in [-0.15, -0.1) is 0 Å². The Bertz CT molecular complexity index is 588. The maximum absolute atomic E-state index is 12.1. The summed E-state index contributed by atoms with van der Waals surface area (Å²) in [6.07, 6.45) is 5.79. The van der Waals surface area contributed by atoms with Gasteiger partial charge in [0, 0.05) is 31.0 Å². The van der Waals surface area contributed by atoms with E-state index in [0.29, 0.717) is 24.1 Å². The van der Waals surface area contributed by atoms with Crippen LogP contribution in [-0.2, 0) is 6.54 Å². The molecule has 110 valence electrons. The van der Waals surface area contributed by atoms with Crippen LogP contribution in [0.2, 0.25) is 0 Å². The first-order valence-corrected chi connectivity index (χ1v) is 6.94. The van der Waals surface area contributed by atoms with Crippen molar-refractivity contribution in [2.24, 2.45) is 0 Å². The molecular weight excluding hydrogens is 266 g/mol. The fourth-order valence-corrected chi connectivity index (χ4v) is 1.69. The highest BCUT2D eigenvalue weighted by molar-refractivity contribution is 5.92. The lowest BCUT2D eigenvalue weighted by atomic mass is 10.2. The first-order valence-electron chi connectivity index (χ1n) is 6.94. The second-order valence-electron chi connectivity index (χ2n) is 4.79. The topological polar surface area (TPSA) is 79.8 Å². The summed E-state index contributed by atoms with van der Waals surface area (Å²) in [6, 6.07) is 5.69. The third-order valence-electron chi connectivity index (χ3n) is 3.08. The van der Waals surface area contributed by atoms with Crippen LogP contribution in [0.1, 0.15) is 36.3 Å². The van der Waals surface area contributed by atoms with Crippen LogP contribution in [0.25, 0.3) is 0 Å². The third-order valence-corrected chi connectivity index (χ3v) is 3.08. The van der Waals surface area contributed by atoms with Crippen molar-refractivity contribution in [2.45, 2.75) is 32.9 Å². The van der Waals surface area contributed by atoms with E-state index in [4.69, 9.17) is 0 Å². The highest BCUT2D eigenvalue weighted by Gasteiger charge is 2.09. The van der Waals surface area contributed by atoms with E-state index in [1.54, 1.807) is 18.5 Å². The zero-order chi connectivity index (χ0) is 15.1. The van der Waals surface area contributed by atoms with Gasteiger partial charge in [0.05, 0.1) is 0 Å². The maximum Gasteiger partial charge on any atom is 0.270 e. The predicted octanol–water partition coefficient (Wildman–Crippen LogP) is 2.01. The van der Waals surface area contributed by atoms with Crippen molar-refractivity contribution in [1.29, 1.82) is 0 Å². The molecule has 2 rings (SSSR count). The largest absolute Gasteiger partial charge is 0.368 e. The van der Waals surface area contributed by atoms with Crippen molar-refractivity contribution in [3.05, 3.63) is 48.2 Å². The van der Waals surface area contributed by atoms with Crippen LogP contribution in [-0.4, -0.2) is 26.9 Å². The molecule has 2 N–H and O–H groups in total. The quantitative estimate of drug-likeness (QED) is 0.848. The first kappa shape index (κ1) is 14.9. The zero-order valence-corrected chi connectivity index (χ0v) is 12.2. The van der Waals surface area contributed by atoms with Crippen LogP contribution in [0.15, 0.2) is 36.9 Å². The summed E-state index contributed by atoms with van der Waals surface area (Å²) in [5.41, 5.74) is 1.29. The van der Waals surface area contributed by atoms with Gasteiger partial charge in [-0.05, 0) is 25.0 Å². The van der Waals surface area contributed by atoms with Gasteiger partial charge in [0.25, 0.3) is 5.91 Å². The number of hydrogen-bond donors (Lipinski definition) is 2. The molecule has 2 aromatic heterocycles. The molecule has 0 saturated carbocycles. The Morgan fingerprint density at radius 1 is 1.38 bits per heavy atom. The van der Waals surface area contributed by atoms with E-state index in [1.165, 1.54) is 6.33 Å². The number of amides is 1. The predicted molar refractivity (Wildman–Crippen MR) is 80.8 cm³/mol. The fourth-order valence-electron chi connectivity index (χ4n) is 1.69. The molecular formula is C15H19N5O. The van der Waals surface area contributed by atoms with Gasteiger partial charge < -0.3 is 10.6 Å². The van der Waals surface area contributed by atoms with Gasteiger partial charge in [-0.3, -0.25) is 9.78 Å². The van der Waals surface area contributed by atoms with Crippen LogP contribution in [0.4, 0.5) is 5.82 Å². The molecule has 2 heterocycles.